The van der Waals surface area contributed by atoms with Crippen LogP contribution in [0, 0.1) is 12.3 Å². The van der Waals surface area contributed by atoms with E-state index in [1.807, 2.05) is 0 Å². The number of hydrogen-bond acceptors (Lipinski definition) is 3. The predicted octanol–water partition coefficient (Wildman–Crippen LogP) is 0.876. The average Bonchev–Trinajstić information content (AvgIpc) is 2.94. The molecule has 1 aromatic heterocycles. The normalized spacial score (nSPS) is 23.6. The molecule has 1 saturated heterocycles. The number of alkyl halides is 3. The average molecular weight is 276 g/mol. The molecule has 1 fully saturated rings. The maximum atomic E-state index is 13.1. The van der Waals surface area contributed by atoms with Gasteiger partial charge in [-0.05, 0) is 19.9 Å². The first kappa shape index (κ1) is 13.9. The van der Waals surface area contributed by atoms with Gasteiger partial charge in [0, 0.05) is 24.3 Å². The fourth-order valence-corrected chi connectivity index (χ4v) is 2.16. The van der Waals surface area contributed by atoms with Crippen LogP contribution in [-0.4, -0.2) is 35.4 Å². The summed E-state index contributed by atoms with van der Waals surface area (Å²) in [6.07, 6.45) is -3.29. The first-order valence-corrected chi connectivity index (χ1v) is 5.91. The summed E-state index contributed by atoms with van der Waals surface area (Å²) in [6, 6.07) is 0. The van der Waals surface area contributed by atoms with Gasteiger partial charge in [-0.15, -0.1) is 0 Å². The third kappa shape index (κ3) is 2.44. The van der Waals surface area contributed by atoms with Crippen molar-refractivity contribution in [3.8, 4) is 0 Å². The Morgan fingerprint density at radius 1 is 1.58 bits per heavy atom. The van der Waals surface area contributed by atoms with Gasteiger partial charge in [0.05, 0.1) is 6.20 Å². The number of halogens is 3. The van der Waals surface area contributed by atoms with Gasteiger partial charge in [-0.25, -0.2) is 0 Å². The van der Waals surface area contributed by atoms with Gasteiger partial charge in [-0.3, -0.25) is 9.89 Å². The van der Waals surface area contributed by atoms with Gasteiger partial charge < -0.3 is 10.6 Å². The van der Waals surface area contributed by atoms with Crippen LogP contribution in [0.15, 0.2) is 6.20 Å². The Balaban J connectivity index is 2.07. The van der Waals surface area contributed by atoms with Gasteiger partial charge in [0.2, 0.25) is 5.91 Å². The zero-order chi connectivity index (χ0) is 14.1. The second kappa shape index (κ2) is 4.84. The number of rotatable bonds is 3. The van der Waals surface area contributed by atoms with Crippen molar-refractivity contribution in [2.75, 3.05) is 13.1 Å². The molecule has 5 nitrogen and oxygen atoms in total. The number of nitrogens with zero attached hydrogens (tertiary/aromatic N) is 1. The summed E-state index contributed by atoms with van der Waals surface area (Å²) in [4.78, 5) is 11.9. The molecular weight excluding hydrogens is 261 g/mol. The number of hydrogen-bond donors (Lipinski definition) is 3. The van der Waals surface area contributed by atoms with Crippen molar-refractivity contribution in [3.05, 3.63) is 17.5 Å². The van der Waals surface area contributed by atoms with Gasteiger partial charge in [0.1, 0.15) is 0 Å². The highest BCUT2D eigenvalue weighted by atomic mass is 19.4. The van der Waals surface area contributed by atoms with Crippen molar-refractivity contribution in [1.29, 1.82) is 0 Å². The van der Waals surface area contributed by atoms with Crippen molar-refractivity contribution in [1.82, 2.24) is 20.8 Å². The van der Waals surface area contributed by atoms with E-state index in [1.165, 1.54) is 6.20 Å². The summed E-state index contributed by atoms with van der Waals surface area (Å²) in [5.74, 6) is -0.981. The van der Waals surface area contributed by atoms with Crippen molar-refractivity contribution >= 4 is 5.91 Å². The van der Waals surface area contributed by atoms with Crippen LogP contribution in [0.1, 0.15) is 17.7 Å². The topological polar surface area (TPSA) is 69.8 Å². The number of nitrogens with one attached hydrogen (secondary N) is 3. The highest BCUT2D eigenvalue weighted by molar-refractivity contribution is 5.84. The van der Waals surface area contributed by atoms with Crippen molar-refractivity contribution < 1.29 is 18.0 Å². The van der Waals surface area contributed by atoms with E-state index < -0.39 is 17.5 Å². The Morgan fingerprint density at radius 3 is 2.79 bits per heavy atom. The molecule has 0 bridgehead atoms. The number of aromatic nitrogens is 2. The second-order valence-electron chi connectivity index (χ2n) is 4.71. The number of amides is 1. The molecule has 2 rings (SSSR count). The molecule has 19 heavy (non-hydrogen) atoms. The molecule has 1 aliphatic heterocycles. The van der Waals surface area contributed by atoms with E-state index in [0.717, 1.165) is 5.69 Å². The largest absolute Gasteiger partial charge is 0.404 e. The molecule has 1 atom stereocenters. The van der Waals surface area contributed by atoms with Crippen LogP contribution in [-0.2, 0) is 11.3 Å². The summed E-state index contributed by atoms with van der Waals surface area (Å²) < 4.78 is 39.3. The molecule has 0 aliphatic carbocycles. The molecule has 0 spiro atoms. The molecule has 106 valence electrons. The maximum absolute atomic E-state index is 13.1. The van der Waals surface area contributed by atoms with Crippen LogP contribution >= 0.6 is 0 Å². The Morgan fingerprint density at radius 2 is 2.32 bits per heavy atom. The molecule has 0 aromatic carbocycles. The molecule has 3 N–H and O–H groups in total. The lowest BCUT2D eigenvalue weighted by atomic mass is 9.85. The third-order valence-corrected chi connectivity index (χ3v) is 3.51. The van der Waals surface area contributed by atoms with Crippen LogP contribution in [0.2, 0.25) is 0 Å². The van der Waals surface area contributed by atoms with Crippen LogP contribution in [0.4, 0.5) is 13.2 Å². The standard InChI is InChI=1S/C11H15F3N4O/c1-7-8(5-17-18-7)4-16-9(19)10(11(12,13)14)2-3-15-6-10/h5,15H,2-4,6H2,1H3,(H,16,19)(H,17,18). The van der Waals surface area contributed by atoms with Gasteiger partial charge in [0.15, 0.2) is 5.41 Å². The number of aryl methyl sites for hydroxylation is 1. The Hall–Kier alpha value is -1.57. The van der Waals surface area contributed by atoms with E-state index in [0.29, 0.717) is 5.56 Å². The van der Waals surface area contributed by atoms with Crippen LogP contribution < -0.4 is 10.6 Å². The molecule has 2 heterocycles. The van der Waals surface area contributed by atoms with Crippen LogP contribution in [0.25, 0.3) is 0 Å². The fourth-order valence-electron chi connectivity index (χ4n) is 2.16. The predicted molar refractivity (Wildman–Crippen MR) is 61.1 cm³/mol. The minimum absolute atomic E-state index is 0.0407. The van der Waals surface area contributed by atoms with Crippen molar-refractivity contribution in [3.63, 3.8) is 0 Å². The minimum atomic E-state index is -4.55. The summed E-state index contributed by atoms with van der Waals surface area (Å²) in [5, 5.41) is 11.4. The Labute approximate surface area is 108 Å². The van der Waals surface area contributed by atoms with Crippen molar-refractivity contribution in [2.24, 2.45) is 5.41 Å². The first-order chi connectivity index (χ1) is 8.87. The smallest absolute Gasteiger partial charge is 0.351 e. The van der Waals surface area contributed by atoms with Crippen LogP contribution in [0.3, 0.4) is 0 Å². The third-order valence-electron chi connectivity index (χ3n) is 3.51. The SMILES string of the molecule is Cc1[nH]ncc1CNC(=O)C1(C(F)(F)F)CCNC1. The van der Waals surface area contributed by atoms with E-state index >= 15 is 0 Å². The monoisotopic (exact) mass is 276 g/mol. The van der Waals surface area contributed by atoms with E-state index in [2.05, 4.69) is 20.8 Å². The molecule has 1 aliphatic rings. The van der Waals surface area contributed by atoms with Gasteiger partial charge in [-0.2, -0.15) is 18.3 Å². The number of H-pyrrole nitrogens is 1. The fraction of sp³-hybridized carbons (Fsp3) is 0.636. The highest BCUT2D eigenvalue weighted by Gasteiger charge is 2.61. The number of carbonyl (C=O) groups is 1. The zero-order valence-corrected chi connectivity index (χ0v) is 10.4. The van der Waals surface area contributed by atoms with Crippen LogP contribution in [0.5, 0.6) is 0 Å². The first-order valence-electron chi connectivity index (χ1n) is 5.91. The Bertz CT molecular complexity index is 463. The number of carbonyl (C=O) groups excluding carboxylic acids is 1. The van der Waals surface area contributed by atoms with E-state index in [4.69, 9.17) is 0 Å². The Kier molecular flexibility index (Phi) is 3.53. The quantitative estimate of drug-likeness (QED) is 0.767. The van der Waals surface area contributed by atoms with Gasteiger partial charge in [0.25, 0.3) is 0 Å². The lowest BCUT2D eigenvalue weighted by Crippen LogP contribution is -2.52. The molecule has 0 radical (unpaired) electrons. The van der Waals surface area contributed by atoms with E-state index in [-0.39, 0.29) is 26.1 Å². The molecule has 1 aromatic rings. The zero-order valence-electron chi connectivity index (χ0n) is 10.4. The van der Waals surface area contributed by atoms with Gasteiger partial charge in [-0.1, -0.05) is 0 Å². The molecule has 1 unspecified atom stereocenters. The lowest BCUT2D eigenvalue weighted by molar-refractivity contribution is -0.216. The minimum Gasteiger partial charge on any atom is -0.351 e. The molecule has 8 heteroatoms. The molecule has 1 amide bonds. The maximum Gasteiger partial charge on any atom is 0.404 e. The molecule has 0 saturated carbocycles. The van der Waals surface area contributed by atoms with E-state index in [9.17, 15) is 18.0 Å². The summed E-state index contributed by atoms with van der Waals surface area (Å²) >= 11 is 0. The summed E-state index contributed by atoms with van der Waals surface area (Å²) in [6.45, 7) is 1.61. The van der Waals surface area contributed by atoms with Crippen molar-refractivity contribution in [2.45, 2.75) is 26.1 Å². The second-order valence-corrected chi connectivity index (χ2v) is 4.71. The molecular formula is C11H15F3N4O. The van der Waals surface area contributed by atoms with Gasteiger partial charge >= 0.3 is 6.18 Å². The summed E-state index contributed by atoms with van der Waals surface area (Å²) in [7, 11) is 0. The number of aromatic amines is 1. The summed E-state index contributed by atoms with van der Waals surface area (Å²) in [5.41, 5.74) is -0.910. The lowest BCUT2D eigenvalue weighted by Gasteiger charge is -2.29. The highest BCUT2D eigenvalue weighted by Crippen LogP contribution is 2.43. The van der Waals surface area contributed by atoms with E-state index in [1.54, 1.807) is 6.92 Å².